The van der Waals surface area contributed by atoms with Crippen LogP contribution in [0.3, 0.4) is 0 Å². The van der Waals surface area contributed by atoms with E-state index in [4.69, 9.17) is 11.6 Å². The minimum absolute atomic E-state index is 0.616. The Bertz CT molecular complexity index is 295. The summed E-state index contributed by atoms with van der Waals surface area (Å²) in [6.07, 6.45) is 1.60. The van der Waals surface area contributed by atoms with Crippen LogP contribution in [0.5, 0.6) is 0 Å². The van der Waals surface area contributed by atoms with E-state index >= 15 is 0 Å². The average molecular weight is 181 g/mol. The molecule has 62 valence electrons. The number of rotatable bonds is 2. The van der Waals surface area contributed by atoms with Crippen molar-refractivity contribution in [3.63, 3.8) is 0 Å². The predicted octanol–water partition coefficient (Wildman–Crippen LogP) is 2.17. The van der Waals surface area contributed by atoms with E-state index in [1.165, 1.54) is 0 Å². The van der Waals surface area contributed by atoms with Gasteiger partial charge in [0.2, 0.25) is 0 Å². The first-order chi connectivity index (χ1) is 5.83. The first kappa shape index (κ1) is 8.89. The van der Waals surface area contributed by atoms with E-state index in [0.29, 0.717) is 11.6 Å². The summed E-state index contributed by atoms with van der Waals surface area (Å²) < 4.78 is 0. The summed E-state index contributed by atoms with van der Waals surface area (Å²) in [5, 5.41) is 3.67. The van der Waals surface area contributed by atoms with Crippen LogP contribution >= 0.6 is 11.6 Å². The first-order valence-electron chi connectivity index (χ1n) is 3.58. The molecular weight excluding hydrogens is 172 g/mol. The second-order valence-corrected chi connectivity index (χ2v) is 2.58. The Hall–Kier alpha value is -1.20. The molecule has 0 saturated carbocycles. The molecule has 0 bridgehead atoms. The highest BCUT2D eigenvalue weighted by atomic mass is 35.5. The molecule has 0 aromatic carbocycles. The van der Waals surface area contributed by atoms with Crippen LogP contribution in [0.15, 0.2) is 18.3 Å². The number of pyridine rings is 1. The Morgan fingerprint density at radius 3 is 3.00 bits per heavy atom. The second kappa shape index (κ2) is 4.63. The van der Waals surface area contributed by atoms with E-state index in [-0.39, 0.29) is 0 Å². The number of halogens is 1. The van der Waals surface area contributed by atoms with Crippen LogP contribution in [0.25, 0.3) is 0 Å². The van der Waals surface area contributed by atoms with Crippen molar-refractivity contribution in [1.82, 2.24) is 4.98 Å². The fraction of sp³-hybridized carbons (Fsp3) is 0.222. The summed E-state index contributed by atoms with van der Waals surface area (Å²) >= 11 is 5.65. The van der Waals surface area contributed by atoms with Gasteiger partial charge >= 0.3 is 0 Å². The normalized spacial score (nSPS) is 8.50. The molecule has 12 heavy (non-hydrogen) atoms. The maximum absolute atomic E-state index is 5.65. The van der Waals surface area contributed by atoms with Gasteiger partial charge in [-0.2, -0.15) is 0 Å². The molecule has 1 aromatic heterocycles. The first-order valence-corrected chi connectivity index (χ1v) is 3.96. The SMILES string of the molecule is CC#CCNc1ccc(Cl)cn1. The largest absolute Gasteiger partial charge is 0.359 e. The fourth-order valence-electron chi connectivity index (χ4n) is 0.704. The zero-order valence-electron chi connectivity index (χ0n) is 6.76. The van der Waals surface area contributed by atoms with Gasteiger partial charge in [0.1, 0.15) is 5.82 Å². The van der Waals surface area contributed by atoms with E-state index in [1.807, 2.05) is 6.07 Å². The van der Waals surface area contributed by atoms with Crippen molar-refractivity contribution in [2.75, 3.05) is 11.9 Å². The van der Waals surface area contributed by atoms with E-state index < -0.39 is 0 Å². The third-order valence-electron chi connectivity index (χ3n) is 1.26. The molecule has 0 aliphatic rings. The number of hydrogen-bond acceptors (Lipinski definition) is 2. The van der Waals surface area contributed by atoms with Gasteiger partial charge in [-0.25, -0.2) is 4.98 Å². The van der Waals surface area contributed by atoms with Crippen LogP contribution in [-0.2, 0) is 0 Å². The smallest absolute Gasteiger partial charge is 0.126 e. The minimum atomic E-state index is 0.616. The topological polar surface area (TPSA) is 24.9 Å². The van der Waals surface area contributed by atoms with E-state index in [0.717, 1.165) is 5.82 Å². The molecule has 0 amide bonds. The third kappa shape index (κ3) is 2.81. The minimum Gasteiger partial charge on any atom is -0.359 e. The van der Waals surface area contributed by atoms with Gasteiger partial charge in [-0.3, -0.25) is 0 Å². The van der Waals surface area contributed by atoms with E-state index in [2.05, 4.69) is 22.1 Å². The fourth-order valence-corrected chi connectivity index (χ4v) is 0.815. The van der Waals surface area contributed by atoms with Crippen molar-refractivity contribution in [2.45, 2.75) is 6.92 Å². The third-order valence-corrected chi connectivity index (χ3v) is 1.49. The molecule has 0 saturated heterocycles. The number of anilines is 1. The van der Waals surface area contributed by atoms with Gasteiger partial charge in [-0.05, 0) is 19.1 Å². The van der Waals surface area contributed by atoms with Gasteiger partial charge < -0.3 is 5.32 Å². The number of nitrogens with one attached hydrogen (secondary N) is 1. The quantitative estimate of drug-likeness (QED) is 0.706. The molecule has 0 aliphatic carbocycles. The molecule has 1 rings (SSSR count). The molecule has 1 N–H and O–H groups in total. The summed E-state index contributed by atoms with van der Waals surface area (Å²) in [5.41, 5.74) is 0. The number of hydrogen-bond donors (Lipinski definition) is 1. The van der Waals surface area contributed by atoms with Gasteiger partial charge in [0.15, 0.2) is 0 Å². The van der Waals surface area contributed by atoms with E-state index in [9.17, 15) is 0 Å². The lowest BCUT2D eigenvalue weighted by Crippen LogP contribution is -1.99. The van der Waals surface area contributed by atoms with Crippen LogP contribution in [0.4, 0.5) is 5.82 Å². The maximum Gasteiger partial charge on any atom is 0.126 e. The van der Waals surface area contributed by atoms with Crippen LogP contribution in [-0.4, -0.2) is 11.5 Å². The molecule has 3 heteroatoms. The van der Waals surface area contributed by atoms with Gasteiger partial charge in [0, 0.05) is 6.20 Å². The highest BCUT2D eigenvalue weighted by Crippen LogP contribution is 2.08. The summed E-state index contributed by atoms with van der Waals surface area (Å²) in [5.74, 6) is 6.45. The molecule has 2 nitrogen and oxygen atoms in total. The van der Waals surface area contributed by atoms with Gasteiger partial charge in [-0.1, -0.05) is 17.5 Å². The lowest BCUT2D eigenvalue weighted by atomic mass is 10.4. The monoisotopic (exact) mass is 180 g/mol. The Labute approximate surface area is 77.0 Å². The molecule has 0 fully saturated rings. The summed E-state index contributed by atoms with van der Waals surface area (Å²) in [4.78, 5) is 4.04. The molecule has 0 unspecified atom stereocenters. The highest BCUT2D eigenvalue weighted by Gasteiger charge is 1.90. The second-order valence-electron chi connectivity index (χ2n) is 2.14. The number of nitrogens with zero attached hydrogens (tertiary/aromatic N) is 1. The zero-order chi connectivity index (χ0) is 8.81. The van der Waals surface area contributed by atoms with Crippen molar-refractivity contribution >= 4 is 17.4 Å². The van der Waals surface area contributed by atoms with Gasteiger partial charge in [-0.15, -0.1) is 5.92 Å². The number of aromatic nitrogens is 1. The molecule has 1 heterocycles. The summed E-state index contributed by atoms with van der Waals surface area (Å²) in [6, 6.07) is 3.61. The van der Waals surface area contributed by atoms with Crippen LogP contribution in [0.2, 0.25) is 5.02 Å². The standard InChI is InChI=1S/C9H9ClN2/c1-2-3-6-11-9-5-4-8(10)7-12-9/h4-5,7H,6H2,1H3,(H,11,12). The molecular formula is C9H9ClN2. The highest BCUT2D eigenvalue weighted by molar-refractivity contribution is 6.30. The average Bonchev–Trinajstić information content (AvgIpc) is 2.09. The van der Waals surface area contributed by atoms with Gasteiger partial charge in [0.05, 0.1) is 11.6 Å². The molecule has 0 atom stereocenters. The molecule has 0 spiro atoms. The van der Waals surface area contributed by atoms with Crippen LogP contribution in [0.1, 0.15) is 6.92 Å². The Balaban J connectivity index is 2.51. The van der Waals surface area contributed by atoms with Crippen LogP contribution in [0, 0.1) is 11.8 Å². The molecule has 0 radical (unpaired) electrons. The Morgan fingerprint density at radius 2 is 2.42 bits per heavy atom. The van der Waals surface area contributed by atoms with Crippen molar-refractivity contribution < 1.29 is 0 Å². The Kier molecular flexibility index (Phi) is 3.43. The summed E-state index contributed by atoms with van der Waals surface area (Å²) in [6.45, 7) is 2.42. The molecule has 0 aliphatic heterocycles. The molecule has 1 aromatic rings. The van der Waals surface area contributed by atoms with Gasteiger partial charge in [0.25, 0.3) is 0 Å². The predicted molar refractivity (Wildman–Crippen MR) is 51.2 cm³/mol. The van der Waals surface area contributed by atoms with Crippen molar-refractivity contribution in [3.05, 3.63) is 23.4 Å². The maximum atomic E-state index is 5.65. The zero-order valence-corrected chi connectivity index (χ0v) is 7.52. The van der Waals surface area contributed by atoms with Crippen LogP contribution < -0.4 is 5.32 Å². The Morgan fingerprint density at radius 1 is 1.58 bits per heavy atom. The van der Waals surface area contributed by atoms with E-state index in [1.54, 1.807) is 19.2 Å². The van der Waals surface area contributed by atoms with Crippen molar-refractivity contribution in [3.8, 4) is 11.8 Å². The summed E-state index contributed by atoms with van der Waals surface area (Å²) in [7, 11) is 0. The lowest BCUT2D eigenvalue weighted by molar-refractivity contribution is 1.24. The van der Waals surface area contributed by atoms with Crippen molar-refractivity contribution in [2.24, 2.45) is 0 Å². The van der Waals surface area contributed by atoms with Crippen molar-refractivity contribution in [1.29, 1.82) is 0 Å². The lowest BCUT2D eigenvalue weighted by Gasteiger charge is -1.99.